The number of rotatable bonds is 3. The van der Waals surface area contributed by atoms with E-state index < -0.39 is 0 Å². The zero-order valence-corrected chi connectivity index (χ0v) is 14.0. The molecule has 0 spiro atoms. The Morgan fingerprint density at radius 3 is 1.32 bits per heavy atom. The molecule has 0 aromatic heterocycles. The van der Waals surface area contributed by atoms with E-state index in [4.69, 9.17) is 0 Å². The predicted molar refractivity (Wildman–Crippen MR) is 86.6 cm³/mol. The van der Waals surface area contributed by atoms with Crippen LogP contribution < -0.4 is 0 Å². The second-order valence-corrected chi connectivity index (χ2v) is 8.30. The highest BCUT2D eigenvalue weighted by Gasteiger charge is 2.33. The van der Waals surface area contributed by atoms with Crippen LogP contribution in [0.5, 0.6) is 0 Å². The lowest BCUT2D eigenvalue weighted by molar-refractivity contribution is 0.130. The van der Waals surface area contributed by atoms with Crippen LogP contribution >= 0.6 is 15.9 Å². The molecule has 3 aliphatic carbocycles. The maximum absolute atomic E-state index is 3.67. The number of halogens is 1. The van der Waals surface area contributed by atoms with Gasteiger partial charge in [0.15, 0.2) is 0 Å². The molecule has 3 saturated carbocycles. The van der Waals surface area contributed by atoms with E-state index in [0.717, 1.165) is 29.6 Å². The molecular weight excluding hydrogens is 296 g/mol. The largest absolute Gasteiger partial charge is 0.0925 e. The summed E-state index contributed by atoms with van der Waals surface area (Å²) in [6, 6.07) is 0. The first-order valence-corrected chi connectivity index (χ1v) is 10.0. The van der Waals surface area contributed by atoms with Crippen LogP contribution in [0.1, 0.15) is 77.0 Å². The Hall–Kier alpha value is 0.480. The van der Waals surface area contributed by atoms with Gasteiger partial charge in [0.2, 0.25) is 0 Å². The van der Waals surface area contributed by atoms with E-state index in [0.29, 0.717) is 0 Å². The van der Waals surface area contributed by atoms with Gasteiger partial charge >= 0.3 is 0 Å². The monoisotopic (exact) mass is 326 g/mol. The van der Waals surface area contributed by atoms with Crippen LogP contribution in [0.15, 0.2) is 0 Å². The molecule has 0 heterocycles. The summed E-state index contributed by atoms with van der Waals surface area (Å²) in [5, 5.41) is 1.24. The van der Waals surface area contributed by atoms with E-state index in [1.165, 1.54) is 43.9 Å². The Morgan fingerprint density at radius 1 is 0.526 bits per heavy atom. The molecule has 0 saturated heterocycles. The van der Waals surface area contributed by atoms with Crippen molar-refractivity contribution < 1.29 is 0 Å². The van der Waals surface area contributed by atoms with Crippen LogP contribution in [0, 0.1) is 29.6 Å². The second-order valence-electron chi connectivity index (χ2n) is 7.65. The van der Waals surface area contributed by atoms with E-state index in [9.17, 15) is 0 Å². The normalized spacial score (nSPS) is 41.5. The van der Waals surface area contributed by atoms with Gasteiger partial charge in [-0.05, 0) is 81.0 Å². The average molecular weight is 327 g/mol. The van der Waals surface area contributed by atoms with Crippen molar-refractivity contribution in [1.82, 2.24) is 0 Å². The fraction of sp³-hybridized carbons (Fsp3) is 1.00. The van der Waals surface area contributed by atoms with Crippen molar-refractivity contribution >= 4 is 15.9 Å². The van der Waals surface area contributed by atoms with Gasteiger partial charge < -0.3 is 0 Å². The van der Waals surface area contributed by atoms with Crippen LogP contribution in [0.3, 0.4) is 0 Å². The Kier molecular flexibility index (Phi) is 5.28. The van der Waals surface area contributed by atoms with Crippen LogP contribution in [0.4, 0.5) is 0 Å². The molecule has 3 rings (SSSR count). The lowest BCUT2D eigenvalue weighted by atomic mass is 9.67. The highest BCUT2D eigenvalue weighted by Crippen LogP contribution is 2.45. The van der Waals surface area contributed by atoms with Gasteiger partial charge in [-0.1, -0.05) is 41.6 Å². The van der Waals surface area contributed by atoms with Gasteiger partial charge in [-0.2, -0.15) is 0 Å². The van der Waals surface area contributed by atoms with Gasteiger partial charge in [0.05, 0.1) is 0 Å². The molecule has 1 heteroatoms. The standard InChI is InChI=1S/C18H31Br/c19-13-14-5-7-16(8-6-14)18-11-9-17(10-12-18)15-3-1-2-4-15/h14-18H,1-13H2. The van der Waals surface area contributed by atoms with Crippen LogP contribution in [0.2, 0.25) is 0 Å². The fourth-order valence-corrected chi connectivity index (χ4v) is 5.98. The lowest BCUT2D eigenvalue weighted by Crippen LogP contribution is -2.27. The molecule has 0 amide bonds. The quantitative estimate of drug-likeness (QED) is 0.543. The molecule has 0 aliphatic heterocycles. The van der Waals surface area contributed by atoms with Crippen LogP contribution in [-0.4, -0.2) is 5.33 Å². The van der Waals surface area contributed by atoms with Crippen LogP contribution in [-0.2, 0) is 0 Å². The lowest BCUT2D eigenvalue weighted by Gasteiger charge is -2.39. The van der Waals surface area contributed by atoms with E-state index in [-0.39, 0.29) is 0 Å². The fourth-order valence-electron chi connectivity index (χ4n) is 5.33. The number of alkyl halides is 1. The molecule has 0 radical (unpaired) electrons. The third-order valence-corrected chi connectivity index (χ3v) is 7.57. The van der Waals surface area contributed by atoms with Gasteiger partial charge in [0, 0.05) is 5.33 Å². The molecule has 0 bridgehead atoms. The summed E-state index contributed by atoms with van der Waals surface area (Å²) in [6.07, 6.45) is 18.6. The molecule has 110 valence electrons. The van der Waals surface area contributed by atoms with Crippen molar-refractivity contribution in [1.29, 1.82) is 0 Å². The van der Waals surface area contributed by atoms with E-state index >= 15 is 0 Å². The smallest absolute Gasteiger partial charge is 0.00596 e. The van der Waals surface area contributed by atoms with Gasteiger partial charge in [-0.15, -0.1) is 0 Å². The highest BCUT2D eigenvalue weighted by atomic mass is 79.9. The zero-order valence-electron chi connectivity index (χ0n) is 12.5. The minimum atomic E-state index is 0.992. The third kappa shape index (κ3) is 3.57. The van der Waals surface area contributed by atoms with Crippen molar-refractivity contribution in [2.24, 2.45) is 29.6 Å². The van der Waals surface area contributed by atoms with Crippen molar-refractivity contribution in [2.75, 3.05) is 5.33 Å². The summed E-state index contributed by atoms with van der Waals surface area (Å²) in [5.41, 5.74) is 0. The summed E-state index contributed by atoms with van der Waals surface area (Å²) >= 11 is 3.67. The zero-order chi connectivity index (χ0) is 13.1. The summed E-state index contributed by atoms with van der Waals surface area (Å²) in [6.45, 7) is 0. The first-order chi connectivity index (χ1) is 9.36. The first kappa shape index (κ1) is 14.4. The molecule has 3 aliphatic rings. The number of hydrogen-bond donors (Lipinski definition) is 0. The summed E-state index contributed by atoms with van der Waals surface area (Å²) < 4.78 is 0. The predicted octanol–water partition coefficient (Wildman–Crippen LogP) is 6.18. The SMILES string of the molecule is BrCC1CCC(C2CCC(C3CCCC3)CC2)CC1. The Morgan fingerprint density at radius 2 is 0.895 bits per heavy atom. The molecule has 3 fully saturated rings. The Labute approximate surface area is 128 Å². The third-order valence-electron chi connectivity index (χ3n) is 6.66. The van der Waals surface area contributed by atoms with Crippen LogP contribution in [0.25, 0.3) is 0 Å². The molecule has 0 aromatic rings. The summed E-state index contributed by atoms with van der Waals surface area (Å²) in [4.78, 5) is 0. The highest BCUT2D eigenvalue weighted by molar-refractivity contribution is 9.09. The Balaban J connectivity index is 1.42. The Bertz CT molecular complexity index is 253. The topological polar surface area (TPSA) is 0 Å². The van der Waals surface area contributed by atoms with Gasteiger partial charge in [0.1, 0.15) is 0 Å². The van der Waals surface area contributed by atoms with Crippen molar-refractivity contribution in [3.05, 3.63) is 0 Å². The minimum Gasteiger partial charge on any atom is -0.0925 e. The molecule has 0 unspecified atom stereocenters. The maximum atomic E-state index is 3.67. The van der Waals surface area contributed by atoms with E-state index in [1.54, 1.807) is 38.5 Å². The molecule has 0 N–H and O–H groups in total. The first-order valence-electron chi connectivity index (χ1n) is 8.92. The van der Waals surface area contributed by atoms with Crippen molar-refractivity contribution in [3.8, 4) is 0 Å². The van der Waals surface area contributed by atoms with E-state index in [2.05, 4.69) is 15.9 Å². The average Bonchev–Trinajstić information content (AvgIpc) is 3.02. The summed E-state index contributed by atoms with van der Waals surface area (Å²) in [5.74, 6) is 5.45. The van der Waals surface area contributed by atoms with Crippen molar-refractivity contribution in [2.45, 2.75) is 77.0 Å². The molecule has 19 heavy (non-hydrogen) atoms. The number of hydrogen-bond acceptors (Lipinski definition) is 0. The van der Waals surface area contributed by atoms with E-state index in [1.807, 2.05) is 0 Å². The molecule has 0 atom stereocenters. The second kappa shape index (κ2) is 6.96. The minimum absolute atomic E-state index is 0.992. The molecule has 0 nitrogen and oxygen atoms in total. The van der Waals surface area contributed by atoms with Gasteiger partial charge in [-0.3, -0.25) is 0 Å². The molecule has 0 aromatic carbocycles. The van der Waals surface area contributed by atoms with Crippen molar-refractivity contribution in [3.63, 3.8) is 0 Å². The summed E-state index contributed by atoms with van der Waals surface area (Å²) in [7, 11) is 0. The van der Waals surface area contributed by atoms with Gasteiger partial charge in [0.25, 0.3) is 0 Å². The van der Waals surface area contributed by atoms with Gasteiger partial charge in [-0.25, -0.2) is 0 Å². The maximum Gasteiger partial charge on any atom is 0.00596 e. The molecular formula is C18H31Br.